The normalized spacial score (nSPS) is 14.1. The number of hydrogen-bond acceptors (Lipinski definition) is 7. The smallest absolute Gasteiger partial charge is 0.331 e. The summed E-state index contributed by atoms with van der Waals surface area (Å²) in [5.74, 6) is 0.673. The molecule has 0 spiro atoms. The van der Waals surface area contributed by atoms with Crippen LogP contribution in [0.3, 0.4) is 0 Å². The van der Waals surface area contributed by atoms with E-state index in [4.69, 9.17) is 9.47 Å². The molecule has 0 unspecified atom stereocenters. The van der Waals surface area contributed by atoms with Gasteiger partial charge in [-0.1, -0.05) is 12.1 Å². The van der Waals surface area contributed by atoms with Crippen LogP contribution in [0.2, 0.25) is 0 Å². The van der Waals surface area contributed by atoms with Gasteiger partial charge in [0, 0.05) is 44.6 Å². The Balaban J connectivity index is 1.40. The van der Waals surface area contributed by atoms with Crippen molar-refractivity contribution in [1.82, 2.24) is 14.9 Å². The number of anilines is 1. The molecule has 2 aromatic rings. The van der Waals surface area contributed by atoms with E-state index in [0.29, 0.717) is 38.7 Å². The van der Waals surface area contributed by atoms with Crippen LogP contribution in [-0.4, -0.2) is 66.1 Å². The molecule has 0 aliphatic carbocycles. The maximum absolute atomic E-state index is 12.3. The molecule has 3 rings (SSSR count). The first-order valence-corrected chi connectivity index (χ1v) is 9.53. The summed E-state index contributed by atoms with van der Waals surface area (Å²) >= 11 is 0. The first-order valence-electron chi connectivity index (χ1n) is 9.53. The molecule has 1 aromatic carbocycles. The quantitative estimate of drug-likeness (QED) is 0.521. The number of nitrogens with zero attached hydrogens (tertiary/aromatic N) is 4. The third-order valence-electron chi connectivity index (χ3n) is 4.41. The van der Waals surface area contributed by atoms with Gasteiger partial charge < -0.3 is 19.3 Å². The van der Waals surface area contributed by atoms with E-state index in [0.717, 1.165) is 11.3 Å². The molecule has 0 radical (unpaired) electrons. The Bertz CT molecular complexity index is 832. The van der Waals surface area contributed by atoms with Gasteiger partial charge in [-0.25, -0.2) is 14.8 Å². The Morgan fingerprint density at radius 1 is 1.07 bits per heavy atom. The molecule has 8 nitrogen and oxygen atoms in total. The van der Waals surface area contributed by atoms with Gasteiger partial charge in [-0.3, -0.25) is 4.79 Å². The highest BCUT2D eigenvalue weighted by Crippen LogP contribution is 2.13. The van der Waals surface area contributed by atoms with Gasteiger partial charge in [-0.15, -0.1) is 0 Å². The number of aromatic nitrogens is 2. The summed E-state index contributed by atoms with van der Waals surface area (Å²) in [4.78, 5) is 36.3. The van der Waals surface area contributed by atoms with E-state index in [2.05, 4.69) is 9.97 Å². The molecule has 152 valence electrons. The van der Waals surface area contributed by atoms with Gasteiger partial charge in [0.15, 0.2) is 6.61 Å². The van der Waals surface area contributed by atoms with Gasteiger partial charge in [0.1, 0.15) is 5.75 Å². The largest absolute Gasteiger partial charge is 0.494 e. The van der Waals surface area contributed by atoms with Gasteiger partial charge in [0.25, 0.3) is 5.91 Å². The van der Waals surface area contributed by atoms with Gasteiger partial charge >= 0.3 is 5.97 Å². The van der Waals surface area contributed by atoms with E-state index in [1.54, 1.807) is 29.4 Å². The first kappa shape index (κ1) is 20.3. The molecule has 0 bridgehead atoms. The van der Waals surface area contributed by atoms with Crippen LogP contribution in [0.4, 0.5) is 5.95 Å². The van der Waals surface area contributed by atoms with Crippen LogP contribution in [0.1, 0.15) is 12.5 Å². The summed E-state index contributed by atoms with van der Waals surface area (Å²) in [5, 5.41) is 0. The second kappa shape index (κ2) is 10.2. The molecule has 8 heteroatoms. The fraction of sp³-hybridized carbons (Fsp3) is 0.333. The molecule has 29 heavy (non-hydrogen) atoms. The van der Waals surface area contributed by atoms with Gasteiger partial charge in [0.2, 0.25) is 5.95 Å². The van der Waals surface area contributed by atoms with E-state index in [1.807, 2.05) is 36.1 Å². The van der Waals surface area contributed by atoms with Crippen molar-refractivity contribution in [2.45, 2.75) is 6.92 Å². The summed E-state index contributed by atoms with van der Waals surface area (Å²) in [6.45, 7) is 4.61. The number of carbonyl (C=O) groups is 2. The highest BCUT2D eigenvalue weighted by Gasteiger charge is 2.22. The lowest BCUT2D eigenvalue weighted by Crippen LogP contribution is -2.50. The van der Waals surface area contributed by atoms with Crippen molar-refractivity contribution < 1.29 is 19.1 Å². The van der Waals surface area contributed by atoms with Crippen molar-refractivity contribution in [3.05, 3.63) is 54.4 Å². The SMILES string of the molecule is CCOc1ccc(/C=C/C(=O)OCC(=O)N2CCN(c3ncccn3)CC2)cc1. The lowest BCUT2D eigenvalue weighted by Gasteiger charge is -2.34. The zero-order valence-electron chi connectivity index (χ0n) is 16.4. The topological polar surface area (TPSA) is 84.9 Å². The maximum atomic E-state index is 12.3. The minimum atomic E-state index is -0.552. The summed E-state index contributed by atoms with van der Waals surface area (Å²) in [6.07, 6.45) is 6.34. The number of esters is 1. The fourth-order valence-corrected chi connectivity index (χ4v) is 2.89. The summed E-state index contributed by atoms with van der Waals surface area (Å²) in [6, 6.07) is 9.12. The van der Waals surface area contributed by atoms with Crippen molar-refractivity contribution >= 4 is 23.9 Å². The second-order valence-electron chi connectivity index (χ2n) is 6.36. The molecule has 1 aliphatic heterocycles. The zero-order valence-corrected chi connectivity index (χ0v) is 16.4. The van der Waals surface area contributed by atoms with Crippen molar-refractivity contribution in [3.8, 4) is 5.75 Å². The van der Waals surface area contributed by atoms with Crippen LogP contribution in [0.5, 0.6) is 5.75 Å². The van der Waals surface area contributed by atoms with Crippen LogP contribution >= 0.6 is 0 Å². The number of amides is 1. The predicted octanol–water partition coefficient (Wildman–Crippen LogP) is 1.78. The molecule has 1 aliphatic rings. The third-order valence-corrected chi connectivity index (χ3v) is 4.41. The third kappa shape index (κ3) is 6.03. The summed E-state index contributed by atoms with van der Waals surface area (Å²) in [5.41, 5.74) is 0.844. The summed E-state index contributed by atoms with van der Waals surface area (Å²) in [7, 11) is 0. The van der Waals surface area contributed by atoms with Crippen molar-refractivity contribution in [2.75, 3.05) is 44.3 Å². The Kier molecular flexibility index (Phi) is 7.16. The van der Waals surface area contributed by atoms with E-state index >= 15 is 0 Å². The van der Waals surface area contributed by atoms with Crippen LogP contribution in [0.15, 0.2) is 48.8 Å². The van der Waals surface area contributed by atoms with Crippen molar-refractivity contribution in [1.29, 1.82) is 0 Å². The lowest BCUT2D eigenvalue weighted by atomic mass is 10.2. The molecule has 0 saturated carbocycles. The molecular formula is C21H24N4O4. The maximum Gasteiger partial charge on any atom is 0.331 e. The molecular weight excluding hydrogens is 372 g/mol. The van der Waals surface area contributed by atoms with Crippen LogP contribution < -0.4 is 9.64 Å². The number of hydrogen-bond donors (Lipinski definition) is 0. The highest BCUT2D eigenvalue weighted by atomic mass is 16.5. The molecule has 1 saturated heterocycles. The molecule has 0 N–H and O–H groups in total. The van der Waals surface area contributed by atoms with E-state index in [-0.39, 0.29) is 12.5 Å². The van der Waals surface area contributed by atoms with Gasteiger partial charge in [-0.05, 0) is 36.8 Å². The molecule has 1 fully saturated rings. The highest BCUT2D eigenvalue weighted by molar-refractivity contribution is 5.89. The Labute approximate surface area is 169 Å². The number of benzene rings is 1. The lowest BCUT2D eigenvalue weighted by molar-refractivity contribution is -0.148. The fourth-order valence-electron chi connectivity index (χ4n) is 2.89. The van der Waals surface area contributed by atoms with Crippen molar-refractivity contribution in [2.24, 2.45) is 0 Å². The first-order chi connectivity index (χ1) is 14.2. The summed E-state index contributed by atoms with van der Waals surface area (Å²) < 4.78 is 10.4. The van der Waals surface area contributed by atoms with Gasteiger partial charge in [0.05, 0.1) is 6.61 Å². The minimum Gasteiger partial charge on any atom is -0.494 e. The number of piperazine rings is 1. The molecule has 1 amide bonds. The molecule has 1 aromatic heterocycles. The van der Waals surface area contributed by atoms with Crippen LogP contribution in [-0.2, 0) is 14.3 Å². The molecule has 2 heterocycles. The van der Waals surface area contributed by atoms with Crippen molar-refractivity contribution in [3.63, 3.8) is 0 Å². The van der Waals surface area contributed by atoms with Crippen LogP contribution in [0.25, 0.3) is 6.08 Å². The average molecular weight is 396 g/mol. The Morgan fingerprint density at radius 3 is 2.41 bits per heavy atom. The number of ether oxygens (including phenoxy) is 2. The number of carbonyl (C=O) groups excluding carboxylic acids is 2. The van der Waals surface area contributed by atoms with E-state index in [1.165, 1.54) is 6.08 Å². The standard InChI is InChI=1S/C21H24N4O4/c1-2-28-18-7-4-17(5-8-18)6-9-20(27)29-16-19(26)24-12-14-25(15-13-24)21-22-10-3-11-23-21/h3-11H,2,12-16H2,1H3/b9-6+. The minimum absolute atomic E-state index is 0.207. The van der Waals surface area contributed by atoms with E-state index < -0.39 is 5.97 Å². The zero-order chi connectivity index (χ0) is 20.5. The predicted molar refractivity (Wildman–Crippen MR) is 108 cm³/mol. The second-order valence-corrected chi connectivity index (χ2v) is 6.36. The van der Waals surface area contributed by atoms with Crippen LogP contribution in [0, 0.1) is 0 Å². The average Bonchev–Trinajstić information content (AvgIpc) is 2.78. The monoisotopic (exact) mass is 396 g/mol. The Morgan fingerprint density at radius 2 is 1.76 bits per heavy atom. The Hall–Kier alpha value is -3.42. The number of rotatable bonds is 7. The molecule has 0 atom stereocenters. The van der Waals surface area contributed by atoms with Gasteiger partial charge in [-0.2, -0.15) is 0 Å². The van der Waals surface area contributed by atoms with E-state index in [9.17, 15) is 9.59 Å².